The van der Waals surface area contributed by atoms with Gasteiger partial charge in [-0.05, 0) is 31.4 Å². The third-order valence-electron chi connectivity index (χ3n) is 2.41. The lowest BCUT2D eigenvalue weighted by atomic mass is 10.1. The molecule has 1 aromatic carbocycles. The van der Waals surface area contributed by atoms with Crippen LogP contribution in [0.3, 0.4) is 0 Å². The second-order valence-corrected chi connectivity index (χ2v) is 3.65. The summed E-state index contributed by atoms with van der Waals surface area (Å²) >= 11 is 0. The van der Waals surface area contributed by atoms with Crippen LogP contribution in [0.15, 0.2) is 18.2 Å². The molecule has 4 nitrogen and oxygen atoms in total. The molecule has 0 bridgehead atoms. The highest BCUT2D eigenvalue weighted by atomic mass is 16.5. The number of aliphatic carboxylic acids is 1. The van der Waals surface area contributed by atoms with Gasteiger partial charge < -0.3 is 14.6 Å². The minimum Gasteiger partial charge on any atom is -0.497 e. The second kappa shape index (κ2) is 6.78. The zero-order valence-electron chi connectivity index (χ0n) is 10.2. The Kier molecular flexibility index (Phi) is 5.33. The lowest BCUT2D eigenvalue weighted by molar-refractivity contribution is -0.137. The fourth-order valence-electron chi connectivity index (χ4n) is 1.59. The van der Waals surface area contributed by atoms with E-state index in [2.05, 4.69) is 0 Å². The zero-order valence-corrected chi connectivity index (χ0v) is 10.2. The molecule has 0 fully saturated rings. The van der Waals surface area contributed by atoms with E-state index in [9.17, 15) is 4.79 Å². The number of methoxy groups -OCH3 is 1. The maximum absolute atomic E-state index is 10.4. The van der Waals surface area contributed by atoms with Crippen LogP contribution in [-0.4, -0.2) is 24.8 Å². The molecule has 0 aliphatic rings. The summed E-state index contributed by atoms with van der Waals surface area (Å²) in [4.78, 5) is 10.4. The van der Waals surface area contributed by atoms with E-state index < -0.39 is 5.97 Å². The molecule has 0 saturated carbocycles. The first kappa shape index (κ1) is 13.4. The first-order chi connectivity index (χ1) is 8.17. The predicted molar refractivity (Wildman–Crippen MR) is 64.7 cm³/mol. The van der Waals surface area contributed by atoms with E-state index in [1.807, 2.05) is 25.1 Å². The first-order valence-electron chi connectivity index (χ1n) is 5.69. The molecule has 0 spiro atoms. The van der Waals surface area contributed by atoms with Gasteiger partial charge in [0.2, 0.25) is 0 Å². The highest BCUT2D eigenvalue weighted by Gasteiger charge is 2.06. The van der Waals surface area contributed by atoms with E-state index in [1.54, 1.807) is 7.11 Å². The molecule has 0 radical (unpaired) electrons. The molecule has 4 heteroatoms. The van der Waals surface area contributed by atoms with Crippen LogP contribution in [0.2, 0.25) is 0 Å². The summed E-state index contributed by atoms with van der Waals surface area (Å²) in [5, 5.41) is 8.60. The topological polar surface area (TPSA) is 55.8 Å². The third-order valence-corrected chi connectivity index (χ3v) is 2.41. The smallest absolute Gasteiger partial charge is 0.303 e. The monoisotopic (exact) mass is 238 g/mol. The van der Waals surface area contributed by atoms with E-state index >= 15 is 0 Å². The van der Waals surface area contributed by atoms with Gasteiger partial charge in [-0.25, -0.2) is 0 Å². The molecule has 0 aromatic heterocycles. The molecular weight excluding hydrogens is 220 g/mol. The zero-order chi connectivity index (χ0) is 12.7. The number of rotatable bonds is 7. The molecule has 1 N–H and O–H groups in total. The first-order valence-corrected chi connectivity index (χ1v) is 5.69. The molecule has 17 heavy (non-hydrogen) atoms. The Hall–Kier alpha value is -1.71. The Morgan fingerprint density at radius 1 is 1.41 bits per heavy atom. The molecule has 0 atom stereocenters. The van der Waals surface area contributed by atoms with E-state index in [4.69, 9.17) is 14.6 Å². The average molecular weight is 238 g/mol. The number of benzene rings is 1. The Bertz CT molecular complexity index is 374. The van der Waals surface area contributed by atoms with Crippen molar-refractivity contribution in [3.8, 4) is 11.5 Å². The van der Waals surface area contributed by atoms with Gasteiger partial charge in [0.25, 0.3) is 0 Å². The molecule has 0 unspecified atom stereocenters. The number of carboxylic acid groups (broad SMARTS) is 1. The van der Waals surface area contributed by atoms with Gasteiger partial charge >= 0.3 is 5.97 Å². The van der Waals surface area contributed by atoms with Crippen molar-refractivity contribution >= 4 is 5.97 Å². The van der Waals surface area contributed by atoms with Crippen molar-refractivity contribution in [2.45, 2.75) is 26.2 Å². The summed E-state index contributed by atoms with van der Waals surface area (Å²) in [6.45, 7) is 2.50. The number of carbonyl (C=O) groups is 1. The van der Waals surface area contributed by atoms with Gasteiger partial charge in [0.15, 0.2) is 0 Å². The lowest BCUT2D eigenvalue weighted by Gasteiger charge is -2.11. The Labute approximate surface area is 101 Å². The summed E-state index contributed by atoms with van der Waals surface area (Å²) in [6, 6.07) is 5.61. The van der Waals surface area contributed by atoms with E-state index in [1.165, 1.54) is 0 Å². The molecule has 94 valence electrons. The number of hydrogen-bond acceptors (Lipinski definition) is 3. The van der Waals surface area contributed by atoms with Crippen molar-refractivity contribution in [2.24, 2.45) is 0 Å². The van der Waals surface area contributed by atoms with Crippen LogP contribution in [0, 0.1) is 0 Å². The van der Waals surface area contributed by atoms with Gasteiger partial charge in [-0.15, -0.1) is 0 Å². The fourth-order valence-corrected chi connectivity index (χ4v) is 1.59. The summed E-state index contributed by atoms with van der Waals surface area (Å²) in [6.07, 6.45) is 1.49. The molecular formula is C13H18O4. The molecule has 0 aliphatic heterocycles. The Morgan fingerprint density at radius 3 is 2.76 bits per heavy atom. The van der Waals surface area contributed by atoms with E-state index in [0.717, 1.165) is 17.1 Å². The average Bonchev–Trinajstić information content (AvgIpc) is 2.31. The highest BCUT2D eigenvalue weighted by molar-refractivity contribution is 5.66. The van der Waals surface area contributed by atoms with E-state index in [-0.39, 0.29) is 6.42 Å². The molecule has 0 heterocycles. The fraction of sp³-hybridized carbons (Fsp3) is 0.462. The van der Waals surface area contributed by atoms with Gasteiger partial charge in [0.1, 0.15) is 11.5 Å². The highest BCUT2D eigenvalue weighted by Crippen LogP contribution is 2.26. The van der Waals surface area contributed by atoms with Gasteiger partial charge in [0.05, 0.1) is 13.7 Å². The summed E-state index contributed by atoms with van der Waals surface area (Å²) in [7, 11) is 1.61. The molecule has 1 rings (SSSR count). The van der Waals surface area contributed by atoms with Crippen molar-refractivity contribution in [1.82, 2.24) is 0 Å². The number of carboxylic acids is 1. The quantitative estimate of drug-likeness (QED) is 0.793. The maximum atomic E-state index is 10.4. The minimum absolute atomic E-state index is 0.178. The molecule has 1 aromatic rings. The SMILES string of the molecule is CCOc1cc(OC)ccc1CCCC(=O)O. The standard InChI is InChI=1S/C13H18O4/c1-3-17-12-9-11(16-2)8-7-10(12)5-4-6-13(14)15/h7-9H,3-6H2,1-2H3,(H,14,15). The minimum atomic E-state index is -0.767. The Balaban J connectivity index is 2.71. The van der Waals surface area contributed by atoms with Crippen molar-refractivity contribution in [3.05, 3.63) is 23.8 Å². The van der Waals surface area contributed by atoms with E-state index in [0.29, 0.717) is 19.4 Å². The third kappa shape index (κ3) is 4.34. The molecule has 0 aliphatic carbocycles. The second-order valence-electron chi connectivity index (χ2n) is 3.65. The van der Waals surface area contributed by atoms with Gasteiger partial charge in [-0.2, -0.15) is 0 Å². The van der Waals surface area contributed by atoms with Crippen molar-refractivity contribution < 1.29 is 19.4 Å². The summed E-state index contributed by atoms with van der Waals surface area (Å²) < 4.78 is 10.6. The predicted octanol–water partition coefficient (Wildman–Crippen LogP) is 2.50. The van der Waals surface area contributed by atoms with Crippen molar-refractivity contribution in [3.63, 3.8) is 0 Å². The van der Waals surface area contributed by atoms with Crippen molar-refractivity contribution in [1.29, 1.82) is 0 Å². The van der Waals surface area contributed by atoms with Crippen LogP contribution in [-0.2, 0) is 11.2 Å². The largest absolute Gasteiger partial charge is 0.497 e. The number of aryl methyl sites for hydroxylation is 1. The van der Waals surface area contributed by atoms with Crippen LogP contribution in [0.5, 0.6) is 11.5 Å². The Morgan fingerprint density at radius 2 is 2.18 bits per heavy atom. The van der Waals surface area contributed by atoms with Crippen LogP contribution < -0.4 is 9.47 Å². The molecule has 0 saturated heterocycles. The van der Waals surface area contributed by atoms with Gasteiger partial charge in [-0.1, -0.05) is 6.07 Å². The van der Waals surface area contributed by atoms with Crippen molar-refractivity contribution in [2.75, 3.05) is 13.7 Å². The van der Waals surface area contributed by atoms with Crippen LogP contribution in [0.4, 0.5) is 0 Å². The van der Waals surface area contributed by atoms with Gasteiger partial charge in [-0.3, -0.25) is 4.79 Å². The number of ether oxygens (including phenoxy) is 2. The van der Waals surface area contributed by atoms with Crippen LogP contribution in [0.25, 0.3) is 0 Å². The number of hydrogen-bond donors (Lipinski definition) is 1. The normalized spacial score (nSPS) is 10.0. The lowest BCUT2D eigenvalue weighted by Crippen LogP contribution is -2.00. The summed E-state index contributed by atoms with van der Waals surface area (Å²) in [5.41, 5.74) is 1.02. The van der Waals surface area contributed by atoms with Gasteiger partial charge in [0, 0.05) is 12.5 Å². The summed E-state index contributed by atoms with van der Waals surface area (Å²) in [5.74, 6) is 0.754. The maximum Gasteiger partial charge on any atom is 0.303 e. The van der Waals surface area contributed by atoms with Crippen LogP contribution in [0.1, 0.15) is 25.3 Å². The van der Waals surface area contributed by atoms with Crippen LogP contribution >= 0.6 is 0 Å². The molecule has 0 amide bonds.